The van der Waals surface area contributed by atoms with Crippen molar-refractivity contribution in [3.63, 3.8) is 0 Å². The van der Waals surface area contributed by atoms with Gasteiger partial charge in [-0.25, -0.2) is 0 Å². The highest BCUT2D eigenvalue weighted by Crippen LogP contribution is 2.47. The van der Waals surface area contributed by atoms with E-state index in [9.17, 15) is 0 Å². The molecule has 37 heavy (non-hydrogen) atoms. The third kappa shape index (κ3) is 3.66. The maximum atomic E-state index is 4.34. The predicted molar refractivity (Wildman–Crippen MR) is 169 cm³/mol. The maximum absolute atomic E-state index is 4.34. The Hall–Kier alpha value is -4.20. The molecule has 0 radical (unpaired) electrons. The number of benzene rings is 6. The lowest BCUT2D eigenvalue weighted by atomic mass is 9.81. The van der Waals surface area contributed by atoms with Gasteiger partial charge in [-0.05, 0) is 78.0 Å². The molecule has 0 bridgehead atoms. The van der Waals surface area contributed by atoms with Crippen LogP contribution in [0.1, 0.15) is 11.1 Å². The molecule has 178 valence electrons. The van der Waals surface area contributed by atoms with Gasteiger partial charge < -0.3 is 0 Å². The fourth-order valence-corrected chi connectivity index (χ4v) is 6.57. The zero-order valence-electron chi connectivity index (χ0n) is 21.0. The van der Waals surface area contributed by atoms with Gasteiger partial charge in [0.05, 0.1) is 0 Å². The second-order valence-corrected chi connectivity index (χ2v) is 11.1. The smallest absolute Gasteiger partial charge is 0.00878 e. The van der Waals surface area contributed by atoms with Crippen LogP contribution < -0.4 is 0 Å². The zero-order chi connectivity index (χ0) is 25.5. The fourth-order valence-electron chi connectivity index (χ4n) is 5.72. The first-order chi connectivity index (χ1) is 18.1. The van der Waals surface area contributed by atoms with Gasteiger partial charge in [0.1, 0.15) is 0 Å². The van der Waals surface area contributed by atoms with Gasteiger partial charge in [0.2, 0.25) is 0 Å². The monoisotopic (exact) mass is 492 g/mol. The van der Waals surface area contributed by atoms with Crippen LogP contribution in [0.5, 0.6) is 0 Å². The molecule has 0 aromatic heterocycles. The van der Waals surface area contributed by atoms with Crippen molar-refractivity contribution in [2.45, 2.75) is 4.90 Å². The van der Waals surface area contributed by atoms with Crippen LogP contribution in [0.15, 0.2) is 121 Å². The molecule has 0 saturated carbocycles. The van der Waals surface area contributed by atoms with Gasteiger partial charge in [-0.3, -0.25) is 0 Å². The highest BCUT2D eigenvalue weighted by molar-refractivity contribution is 8.13. The second kappa shape index (κ2) is 9.35. The minimum absolute atomic E-state index is 0.0869. The summed E-state index contributed by atoms with van der Waals surface area (Å²) in [5.41, 5.74) is 7.05. The molecule has 0 saturated heterocycles. The number of fused-ring (bicyclic) bond motifs is 3. The van der Waals surface area contributed by atoms with E-state index in [-0.39, 0.29) is 10.5 Å². The van der Waals surface area contributed by atoms with Crippen molar-refractivity contribution in [1.29, 1.82) is 0 Å². The number of hydrogen-bond donors (Lipinski definition) is 0. The van der Waals surface area contributed by atoms with Crippen molar-refractivity contribution in [3.05, 3.63) is 127 Å². The van der Waals surface area contributed by atoms with Gasteiger partial charge in [-0.2, -0.15) is 10.5 Å². The lowest BCUT2D eigenvalue weighted by molar-refractivity contribution is 1.53. The van der Waals surface area contributed by atoms with Crippen LogP contribution in [0.2, 0.25) is 0 Å². The first-order valence-electron chi connectivity index (χ1n) is 12.4. The number of hydrogen-bond acceptors (Lipinski definition) is 0. The molecule has 0 amide bonds. The van der Waals surface area contributed by atoms with Gasteiger partial charge in [0, 0.05) is 4.90 Å². The average molecular weight is 493 g/mol. The molecule has 1 atom stereocenters. The Balaban J connectivity index is 1.81. The molecule has 0 aliphatic carbocycles. The van der Waals surface area contributed by atoms with Gasteiger partial charge in [0.25, 0.3) is 0 Å². The Kier molecular flexibility index (Phi) is 5.87. The first kappa shape index (κ1) is 23.2. The quantitative estimate of drug-likeness (QED) is 0.210. The Morgan fingerprint density at radius 2 is 1.00 bits per heavy atom. The molecular formula is C36H28S. The molecule has 0 N–H and O–H groups in total. The molecule has 6 rings (SSSR count). The molecule has 6 aromatic carbocycles. The van der Waals surface area contributed by atoms with Crippen LogP contribution in [0.3, 0.4) is 0 Å². The predicted octanol–water partition coefficient (Wildman–Crippen LogP) is 10.5. The maximum Gasteiger partial charge on any atom is 0.00878 e. The van der Waals surface area contributed by atoms with E-state index in [4.69, 9.17) is 0 Å². The zero-order valence-corrected chi connectivity index (χ0v) is 21.8. The summed E-state index contributed by atoms with van der Waals surface area (Å²) < 4.78 is 0. The largest absolute Gasteiger partial charge is 0.165 e. The van der Waals surface area contributed by atoms with Crippen LogP contribution in [0.25, 0.3) is 66.7 Å². The third-order valence-corrected chi connectivity index (χ3v) is 8.40. The Labute approximate surface area is 221 Å². The van der Waals surface area contributed by atoms with E-state index in [0.717, 1.165) is 11.1 Å². The van der Waals surface area contributed by atoms with Gasteiger partial charge in [-0.15, -0.1) is 0 Å². The SMILES string of the molecule is C=Cc1c(C=C)c(-c2ccc(S(=C)C)c3ccccc23)c2ccccc2c1-c1cccc2ccccc12. The van der Waals surface area contributed by atoms with Crippen molar-refractivity contribution in [3.8, 4) is 22.3 Å². The van der Waals surface area contributed by atoms with E-state index >= 15 is 0 Å². The summed E-state index contributed by atoms with van der Waals surface area (Å²) in [4.78, 5) is 1.29. The van der Waals surface area contributed by atoms with E-state index in [1.165, 1.54) is 59.5 Å². The van der Waals surface area contributed by atoms with Crippen molar-refractivity contribution >= 4 is 60.8 Å². The molecule has 6 aromatic rings. The summed E-state index contributed by atoms with van der Waals surface area (Å²) in [5, 5.41) is 7.40. The number of rotatable bonds is 5. The third-order valence-electron chi connectivity index (χ3n) is 7.29. The minimum atomic E-state index is -0.0869. The molecule has 1 unspecified atom stereocenters. The van der Waals surface area contributed by atoms with E-state index in [0.29, 0.717) is 0 Å². The molecule has 0 fully saturated rings. The highest BCUT2D eigenvalue weighted by atomic mass is 32.2. The van der Waals surface area contributed by atoms with Gasteiger partial charge in [0.15, 0.2) is 0 Å². The molecule has 1 heteroatoms. The lowest BCUT2D eigenvalue weighted by Gasteiger charge is -2.22. The average Bonchev–Trinajstić information content (AvgIpc) is 2.95. The van der Waals surface area contributed by atoms with E-state index in [1.54, 1.807) is 0 Å². The summed E-state index contributed by atoms with van der Waals surface area (Å²) in [7, 11) is -0.0869. The summed E-state index contributed by atoms with van der Waals surface area (Å²) in [5.74, 6) is 4.34. The molecule has 0 spiro atoms. The van der Waals surface area contributed by atoms with Crippen molar-refractivity contribution in [1.82, 2.24) is 0 Å². The van der Waals surface area contributed by atoms with Crippen molar-refractivity contribution < 1.29 is 0 Å². The van der Waals surface area contributed by atoms with Crippen LogP contribution in [0, 0.1) is 0 Å². The standard InChI is InChI=1S/C36H28S/c1-5-25-26(6-2)36(33-22-23-34(37(3)4)29-18-10-9-17-28(29)33)32-20-12-11-19-31(32)35(25)30-21-13-15-24-14-7-8-16-27(24)30/h5-23H,1-3H2,4H3. The van der Waals surface area contributed by atoms with Crippen LogP contribution in [-0.4, -0.2) is 12.1 Å². The summed E-state index contributed by atoms with van der Waals surface area (Å²) >= 11 is 0. The topological polar surface area (TPSA) is 0 Å². The Bertz CT molecular complexity index is 1880. The summed E-state index contributed by atoms with van der Waals surface area (Å²) in [6.45, 7) is 8.59. The first-order valence-corrected chi connectivity index (χ1v) is 14.2. The second-order valence-electron chi connectivity index (χ2n) is 9.35. The van der Waals surface area contributed by atoms with Crippen LogP contribution in [0.4, 0.5) is 0 Å². The lowest BCUT2D eigenvalue weighted by Crippen LogP contribution is -1.97. The van der Waals surface area contributed by atoms with E-state index < -0.39 is 0 Å². The normalized spacial score (nSPS) is 12.1. The molecule has 0 heterocycles. The fraction of sp³-hybridized carbons (Fsp3) is 0.0278. The summed E-state index contributed by atoms with van der Waals surface area (Å²) in [6.07, 6.45) is 6.18. The van der Waals surface area contributed by atoms with Crippen molar-refractivity contribution in [2.24, 2.45) is 0 Å². The highest BCUT2D eigenvalue weighted by Gasteiger charge is 2.21. The summed E-state index contributed by atoms with van der Waals surface area (Å²) in [6, 6.07) is 37.1. The van der Waals surface area contributed by atoms with Crippen LogP contribution >= 0.6 is 10.5 Å². The Morgan fingerprint density at radius 3 is 1.59 bits per heavy atom. The Morgan fingerprint density at radius 1 is 0.514 bits per heavy atom. The van der Waals surface area contributed by atoms with Crippen molar-refractivity contribution in [2.75, 3.05) is 6.26 Å². The molecule has 0 aliphatic heterocycles. The minimum Gasteiger partial charge on any atom is -0.165 e. The molecule has 0 nitrogen and oxygen atoms in total. The molecular weight excluding hydrogens is 464 g/mol. The van der Waals surface area contributed by atoms with Gasteiger partial charge >= 0.3 is 0 Å². The van der Waals surface area contributed by atoms with E-state index in [1.807, 2.05) is 12.2 Å². The molecule has 0 aliphatic rings. The van der Waals surface area contributed by atoms with E-state index in [2.05, 4.69) is 128 Å². The van der Waals surface area contributed by atoms with Gasteiger partial charge in [-0.1, -0.05) is 128 Å². The van der Waals surface area contributed by atoms with Crippen LogP contribution in [-0.2, 0) is 0 Å².